The molecule has 0 aliphatic rings. The number of nitrogens with zero attached hydrogens (tertiary/aromatic N) is 3. The summed E-state index contributed by atoms with van der Waals surface area (Å²) in [6.45, 7) is 8.16. The standard InChI is InChI=1S/C13H13BrN4O/c1-4-15-7-8(2)13-16-11-5-9(14)10(17-19)6-12(11)18(13)3/h4-6,15H,1-2,7H2,3H3. The summed E-state index contributed by atoms with van der Waals surface area (Å²) in [6.07, 6.45) is 1.61. The third-order valence-electron chi connectivity index (χ3n) is 2.82. The van der Waals surface area contributed by atoms with Crippen molar-refractivity contribution in [2.24, 2.45) is 12.2 Å². The highest BCUT2D eigenvalue weighted by Gasteiger charge is 2.13. The monoisotopic (exact) mass is 320 g/mol. The van der Waals surface area contributed by atoms with Crippen molar-refractivity contribution in [1.29, 1.82) is 0 Å². The molecule has 0 bridgehead atoms. The topological polar surface area (TPSA) is 59.3 Å². The average Bonchev–Trinajstić information content (AvgIpc) is 2.71. The van der Waals surface area contributed by atoms with Crippen LogP contribution in [0.2, 0.25) is 0 Å². The molecule has 19 heavy (non-hydrogen) atoms. The first-order chi connectivity index (χ1) is 9.08. The van der Waals surface area contributed by atoms with Crippen molar-refractivity contribution in [2.75, 3.05) is 6.54 Å². The molecule has 2 aromatic rings. The van der Waals surface area contributed by atoms with Gasteiger partial charge >= 0.3 is 0 Å². The highest BCUT2D eigenvalue weighted by atomic mass is 79.9. The minimum absolute atomic E-state index is 0.358. The Hall–Kier alpha value is -1.95. The molecular formula is C13H13BrN4O. The molecule has 0 saturated heterocycles. The largest absolute Gasteiger partial charge is 0.387 e. The van der Waals surface area contributed by atoms with Crippen molar-refractivity contribution >= 4 is 38.2 Å². The number of nitrogens with one attached hydrogen (secondary N) is 1. The van der Waals surface area contributed by atoms with Gasteiger partial charge in [-0.15, -0.1) is 4.91 Å². The van der Waals surface area contributed by atoms with Gasteiger partial charge in [0.15, 0.2) is 0 Å². The zero-order chi connectivity index (χ0) is 14.0. The second-order valence-electron chi connectivity index (χ2n) is 4.07. The fourth-order valence-electron chi connectivity index (χ4n) is 1.86. The van der Waals surface area contributed by atoms with Gasteiger partial charge in [0.25, 0.3) is 0 Å². The van der Waals surface area contributed by atoms with Crippen LogP contribution in [0.3, 0.4) is 0 Å². The van der Waals surface area contributed by atoms with Gasteiger partial charge in [0.2, 0.25) is 0 Å². The second kappa shape index (κ2) is 5.36. The third-order valence-corrected chi connectivity index (χ3v) is 3.46. The Balaban J connectivity index is 2.53. The molecule has 0 spiro atoms. The van der Waals surface area contributed by atoms with Crippen LogP contribution in [0.25, 0.3) is 16.6 Å². The van der Waals surface area contributed by atoms with Gasteiger partial charge in [-0.25, -0.2) is 4.98 Å². The first-order valence-electron chi connectivity index (χ1n) is 5.60. The minimum Gasteiger partial charge on any atom is -0.387 e. The van der Waals surface area contributed by atoms with Crippen molar-refractivity contribution in [3.63, 3.8) is 0 Å². The molecule has 98 valence electrons. The molecule has 0 aliphatic carbocycles. The summed E-state index contributed by atoms with van der Waals surface area (Å²) in [4.78, 5) is 15.2. The lowest BCUT2D eigenvalue weighted by atomic mass is 10.3. The zero-order valence-electron chi connectivity index (χ0n) is 10.5. The van der Waals surface area contributed by atoms with Crippen molar-refractivity contribution in [3.8, 4) is 0 Å². The van der Waals surface area contributed by atoms with Crippen molar-refractivity contribution < 1.29 is 0 Å². The fraction of sp³-hybridized carbons (Fsp3) is 0.154. The number of aryl methyl sites for hydroxylation is 1. The van der Waals surface area contributed by atoms with Crippen LogP contribution in [0.15, 0.2) is 41.1 Å². The van der Waals surface area contributed by atoms with E-state index >= 15 is 0 Å². The maximum atomic E-state index is 10.7. The minimum atomic E-state index is 0.358. The normalized spacial score (nSPS) is 10.4. The van der Waals surface area contributed by atoms with E-state index < -0.39 is 0 Å². The lowest BCUT2D eigenvalue weighted by Gasteiger charge is -2.05. The Morgan fingerprint density at radius 1 is 1.63 bits per heavy atom. The van der Waals surface area contributed by atoms with E-state index in [-0.39, 0.29) is 0 Å². The molecule has 0 atom stereocenters. The number of rotatable bonds is 5. The van der Waals surface area contributed by atoms with E-state index in [1.165, 1.54) is 0 Å². The Morgan fingerprint density at radius 3 is 3.00 bits per heavy atom. The van der Waals surface area contributed by atoms with Crippen LogP contribution in [0, 0.1) is 4.91 Å². The number of hydrogen-bond donors (Lipinski definition) is 1. The van der Waals surface area contributed by atoms with Gasteiger partial charge in [0, 0.05) is 23.6 Å². The van der Waals surface area contributed by atoms with Gasteiger partial charge in [-0.05, 0) is 39.4 Å². The van der Waals surface area contributed by atoms with Gasteiger partial charge in [-0.2, -0.15) is 0 Å². The molecular weight excluding hydrogens is 308 g/mol. The van der Waals surface area contributed by atoms with Gasteiger partial charge < -0.3 is 9.88 Å². The molecule has 1 heterocycles. The lowest BCUT2D eigenvalue weighted by Crippen LogP contribution is -2.10. The summed E-state index contributed by atoms with van der Waals surface area (Å²) in [5.74, 6) is 0.763. The van der Waals surface area contributed by atoms with Crippen LogP contribution >= 0.6 is 15.9 Å². The summed E-state index contributed by atoms with van der Waals surface area (Å²) < 4.78 is 2.53. The smallest absolute Gasteiger partial charge is 0.137 e. The molecule has 0 amide bonds. The molecule has 1 N–H and O–H groups in total. The molecule has 5 nitrogen and oxygen atoms in total. The van der Waals surface area contributed by atoms with E-state index in [0.717, 1.165) is 22.4 Å². The number of nitroso groups, excluding NO2 is 1. The number of fused-ring (bicyclic) bond motifs is 1. The zero-order valence-corrected chi connectivity index (χ0v) is 12.1. The number of imidazole rings is 1. The maximum Gasteiger partial charge on any atom is 0.137 e. The number of benzene rings is 1. The van der Waals surface area contributed by atoms with E-state index in [1.54, 1.807) is 18.3 Å². The maximum absolute atomic E-state index is 10.7. The summed E-state index contributed by atoms with van der Waals surface area (Å²) in [7, 11) is 1.88. The van der Waals surface area contributed by atoms with E-state index in [1.807, 2.05) is 11.6 Å². The van der Waals surface area contributed by atoms with Crippen LogP contribution in [0.5, 0.6) is 0 Å². The van der Waals surface area contributed by atoms with E-state index in [0.29, 0.717) is 16.7 Å². The second-order valence-corrected chi connectivity index (χ2v) is 4.92. The number of aromatic nitrogens is 2. The highest BCUT2D eigenvalue weighted by Crippen LogP contribution is 2.31. The van der Waals surface area contributed by atoms with Crippen LogP contribution in [-0.4, -0.2) is 16.1 Å². The predicted octanol–water partition coefficient (Wildman–Crippen LogP) is 3.48. The van der Waals surface area contributed by atoms with Crippen molar-refractivity contribution in [3.05, 3.63) is 46.7 Å². The van der Waals surface area contributed by atoms with Gasteiger partial charge in [-0.1, -0.05) is 13.2 Å². The number of hydrogen-bond acceptors (Lipinski definition) is 4. The third kappa shape index (κ3) is 2.44. The highest BCUT2D eigenvalue weighted by molar-refractivity contribution is 9.10. The van der Waals surface area contributed by atoms with E-state index in [4.69, 9.17) is 0 Å². The first kappa shape index (κ1) is 13.5. The Bertz CT molecular complexity index is 675. The molecule has 0 radical (unpaired) electrons. The molecule has 1 aromatic heterocycles. The van der Waals surface area contributed by atoms with E-state index in [2.05, 4.69) is 44.6 Å². The van der Waals surface area contributed by atoms with Crippen LogP contribution < -0.4 is 5.32 Å². The summed E-state index contributed by atoms with van der Waals surface area (Å²) in [6, 6.07) is 3.49. The van der Waals surface area contributed by atoms with Crippen LogP contribution in [0.1, 0.15) is 5.82 Å². The summed E-state index contributed by atoms with van der Waals surface area (Å²) in [5, 5.41) is 5.96. The summed E-state index contributed by atoms with van der Waals surface area (Å²) in [5.41, 5.74) is 2.83. The fourth-order valence-corrected chi connectivity index (χ4v) is 2.27. The summed E-state index contributed by atoms with van der Waals surface area (Å²) >= 11 is 3.30. The van der Waals surface area contributed by atoms with Gasteiger partial charge in [-0.3, -0.25) is 0 Å². The van der Waals surface area contributed by atoms with E-state index in [9.17, 15) is 4.91 Å². The molecule has 1 aromatic carbocycles. The van der Waals surface area contributed by atoms with Gasteiger partial charge in [0.1, 0.15) is 11.5 Å². The quantitative estimate of drug-likeness (QED) is 0.858. The molecule has 0 unspecified atom stereocenters. The van der Waals surface area contributed by atoms with Crippen molar-refractivity contribution in [1.82, 2.24) is 14.9 Å². The Kier molecular flexibility index (Phi) is 3.80. The number of halogens is 1. The Morgan fingerprint density at radius 2 is 2.37 bits per heavy atom. The first-order valence-corrected chi connectivity index (χ1v) is 6.39. The molecule has 0 saturated carbocycles. The average molecular weight is 321 g/mol. The lowest BCUT2D eigenvalue weighted by molar-refractivity contribution is 0.897. The van der Waals surface area contributed by atoms with Crippen LogP contribution in [-0.2, 0) is 7.05 Å². The molecule has 2 rings (SSSR count). The van der Waals surface area contributed by atoms with Gasteiger partial charge in [0.05, 0.1) is 11.0 Å². The Labute approximate surface area is 119 Å². The van der Waals surface area contributed by atoms with Crippen molar-refractivity contribution in [2.45, 2.75) is 0 Å². The molecule has 6 heteroatoms. The SMILES string of the molecule is C=CNCC(=C)c1nc2cc(Br)c(N=O)cc2n1C. The molecule has 0 aliphatic heterocycles. The predicted molar refractivity (Wildman–Crippen MR) is 81.1 cm³/mol. The molecule has 0 fully saturated rings. The van der Waals surface area contributed by atoms with Crippen LogP contribution in [0.4, 0.5) is 5.69 Å².